The van der Waals surface area contributed by atoms with Gasteiger partial charge in [0.15, 0.2) is 11.6 Å². The maximum Gasteiger partial charge on any atom is 0.262 e. The van der Waals surface area contributed by atoms with E-state index in [-0.39, 0.29) is 50.1 Å². The van der Waals surface area contributed by atoms with Crippen LogP contribution in [-0.4, -0.2) is 48.3 Å². The van der Waals surface area contributed by atoms with Gasteiger partial charge in [0.05, 0.1) is 28.5 Å². The van der Waals surface area contributed by atoms with Gasteiger partial charge in [0.25, 0.3) is 6.43 Å². The second kappa shape index (κ2) is 11.0. The van der Waals surface area contributed by atoms with E-state index in [4.69, 9.17) is 11.6 Å². The molecule has 4 aromatic rings. The Morgan fingerprint density at radius 2 is 1.72 bits per heavy atom. The van der Waals surface area contributed by atoms with Crippen LogP contribution in [0.4, 0.5) is 23.2 Å². The molecule has 13 heteroatoms. The Bertz CT molecular complexity index is 1520. The molecule has 0 saturated heterocycles. The summed E-state index contributed by atoms with van der Waals surface area (Å²) in [6.07, 6.45) is -2.07. The number of halogens is 5. The number of aromatic nitrogens is 4. The maximum atomic E-state index is 15.1. The van der Waals surface area contributed by atoms with Gasteiger partial charge in [0, 0.05) is 29.6 Å². The van der Waals surface area contributed by atoms with Crippen molar-refractivity contribution in [1.82, 2.24) is 19.9 Å². The number of aliphatic hydroxyl groups excluding tert-OH is 2. The maximum absolute atomic E-state index is 15.1. The van der Waals surface area contributed by atoms with E-state index < -0.39 is 48.0 Å². The van der Waals surface area contributed by atoms with Crippen LogP contribution in [0, 0.1) is 18.6 Å². The SMILES string of the molecule is Cc1nc2cc(F)c(-c3cnc(C(C)(C)O)nc3)nc2c(NC(c2cc(C(O)CO)ccc2F)C(F)F)c1Cl. The lowest BCUT2D eigenvalue weighted by atomic mass is 10.00. The summed E-state index contributed by atoms with van der Waals surface area (Å²) in [4.78, 5) is 16.6. The van der Waals surface area contributed by atoms with Crippen molar-refractivity contribution >= 4 is 28.3 Å². The highest BCUT2D eigenvalue weighted by Gasteiger charge is 2.29. The zero-order valence-corrected chi connectivity index (χ0v) is 21.7. The molecule has 0 aliphatic heterocycles. The van der Waals surface area contributed by atoms with Crippen LogP contribution in [0.2, 0.25) is 5.02 Å². The minimum atomic E-state index is -3.16. The van der Waals surface area contributed by atoms with Crippen molar-refractivity contribution in [2.24, 2.45) is 0 Å². The van der Waals surface area contributed by atoms with E-state index in [2.05, 4.69) is 25.3 Å². The highest BCUT2D eigenvalue weighted by atomic mass is 35.5. The summed E-state index contributed by atoms with van der Waals surface area (Å²) in [5.41, 5.74) is -1.96. The zero-order valence-electron chi connectivity index (χ0n) is 20.9. The molecule has 3 heterocycles. The van der Waals surface area contributed by atoms with Gasteiger partial charge in [0.1, 0.15) is 34.8 Å². The van der Waals surface area contributed by atoms with Gasteiger partial charge in [-0.2, -0.15) is 0 Å². The molecular formula is C26H24ClF4N5O3. The molecule has 2 unspecified atom stereocenters. The second-order valence-corrected chi connectivity index (χ2v) is 9.74. The number of rotatable bonds is 8. The average molecular weight is 566 g/mol. The van der Waals surface area contributed by atoms with Crippen molar-refractivity contribution in [2.45, 2.75) is 44.9 Å². The molecule has 8 nitrogen and oxygen atoms in total. The summed E-state index contributed by atoms with van der Waals surface area (Å²) in [6, 6.07) is 2.17. The summed E-state index contributed by atoms with van der Waals surface area (Å²) in [5.74, 6) is -1.70. The topological polar surface area (TPSA) is 124 Å². The molecule has 0 aliphatic rings. The Kier molecular flexibility index (Phi) is 8.03. The van der Waals surface area contributed by atoms with Crippen molar-refractivity contribution in [3.63, 3.8) is 0 Å². The van der Waals surface area contributed by atoms with Gasteiger partial charge in [-0.3, -0.25) is 0 Å². The van der Waals surface area contributed by atoms with Crippen molar-refractivity contribution in [2.75, 3.05) is 11.9 Å². The fraction of sp³-hybridized carbons (Fsp3) is 0.308. The van der Waals surface area contributed by atoms with Crippen LogP contribution in [0.3, 0.4) is 0 Å². The molecule has 0 bridgehead atoms. The molecule has 0 aliphatic carbocycles. The van der Waals surface area contributed by atoms with Crippen molar-refractivity contribution in [1.29, 1.82) is 0 Å². The van der Waals surface area contributed by atoms with Crippen LogP contribution >= 0.6 is 11.6 Å². The van der Waals surface area contributed by atoms with Crippen LogP contribution in [0.25, 0.3) is 22.3 Å². The number of alkyl halides is 2. The molecule has 0 radical (unpaired) electrons. The fourth-order valence-electron chi connectivity index (χ4n) is 3.91. The van der Waals surface area contributed by atoms with Gasteiger partial charge in [-0.15, -0.1) is 0 Å². The first kappa shape index (κ1) is 28.6. The van der Waals surface area contributed by atoms with Crippen molar-refractivity contribution in [3.8, 4) is 11.3 Å². The molecule has 2 atom stereocenters. The Balaban J connectivity index is 1.86. The molecule has 39 heavy (non-hydrogen) atoms. The number of aliphatic hydroxyl groups is 3. The van der Waals surface area contributed by atoms with Crippen LogP contribution in [0.5, 0.6) is 0 Å². The summed E-state index contributed by atoms with van der Waals surface area (Å²) < 4.78 is 58.5. The average Bonchev–Trinajstić information content (AvgIpc) is 2.88. The van der Waals surface area contributed by atoms with Crippen LogP contribution in [0.1, 0.15) is 48.6 Å². The highest BCUT2D eigenvalue weighted by molar-refractivity contribution is 6.35. The Morgan fingerprint density at radius 3 is 2.31 bits per heavy atom. The predicted octanol–water partition coefficient (Wildman–Crippen LogP) is 5.00. The van der Waals surface area contributed by atoms with Crippen LogP contribution < -0.4 is 5.32 Å². The number of benzene rings is 1. The number of nitrogens with zero attached hydrogens (tertiary/aromatic N) is 4. The number of anilines is 1. The van der Waals surface area contributed by atoms with Crippen LogP contribution in [0.15, 0.2) is 36.7 Å². The largest absolute Gasteiger partial charge is 0.393 e. The van der Waals surface area contributed by atoms with Gasteiger partial charge in [-0.25, -0.2) is 37.5 Å². The third-order valence-corrected chi connectivity index (χ3v) is 6.42. The van der Waals surface area contributed by atoms with Gasteiger partial charge in [-0.05, 0) is 38.5 Å². The quantitative estimate of drug-likeness (QED) is 0.220. The van der Waals surface area contributed by atoms with Gasteiger partial charge < -0.3 is 20.6 Å². The smallest absolute Gasteiger partial charge is 0.262 e. The van der Waals surface area contributed by atoms with Gasteiger partial charge in [0.2, 0.25) is 0 Å². The first-order valence-corrected chi connectivity index (χ1v) is 12.0. The molecule has 1 aromatic carbocycles. The van der Waals surface area contributed by atoms with E-state index in [9.17, 15) is 28.5 Å². The normalized spacial score (nSPS) is 13.6. The molecule has 0 fully saturated rings. The molecule has 4 N–H and O–H groups in total. The summed E-state index contributed by atoms with van der Waals surface area (Å²) >= 11 is 6.44. The summed E-state index contributed by atoms with van der Waals surface area (Å²) in [6.45, 7) is 3.75. The zero-order chi connectivity index (χ0) is 28.6. The number of hydrogen-bond acceptors (Lipinski definition) is 8. The third-order valence-electron chi connectivity index (χ3n) is 5.96. The molecule has 0 spiro atoms. The molecule has 3 aromatic heterocycles. The predicted molar refractivity (Wildman–Crippen MR) is 136 cm³/mol. The first-order valence-electron chi connectivity index (χ1n) is 11.7. The summed E-state index contributed by atoms with van der Waals surface area (Å²) in [5, 5.41) is 31.7. The van der Waals surface area contributed by atoms with Crippen molar-refractivity contribution in [3.05, 3.63) is 76.0 Å². The van der Waals surface area contributed by atoms with E-state index in [1.165, 1.54) is 39.2 Å². The number of pyridine rings is 2. The molecule has 0 saturated carbocycles. The first-order chi connectivity index (χ1) is 18.3. The van der Waals surface area contributed by atoms with E-state index in [0.717, 1.165) is 18.2 Å². The van der Waals surface area contributed by atoms with Crippen LogP contribution in [-0.2, 0) is 5.60 Å². The highest BCUT2D eigenvalue weighted by Crippen LogP contribution is 2.38. The Hall–Kier alpha value is -3.45. The Morgan fingerprint density at radius 1 is 1.05 bits per heavy atom. The lowest BCUT2D eigenvalue weighted by Crippen LogP contribution is -2.22. The standard InChI is InChI=1S/C26H24ClF4N5O3/c1-11-19(27)23(36-21(24(30)31)14-6-12(18(38)10-37)4-5-15(14)28)22-17(34-11)7-16(29)20(35-22)13-8-32-25(33-9-13)26(2,3)39/h4-9,18,21,24,37-39H,10H2,1-3H3,(H,34,36). The second-order valence-electron chi connectivity index (χ2n) is 9.36. The van der Waals surface area contributed by atoms with Crippen molar-refractivity contribution < 1.29 is 32.9 Å². The van der Waals surface area contributed by atoms with Gasteiger partial charge >= 0.3 is 0 Å². The summed E-state index contributed by atoms with van der Waals surface area (Å²) in [7, 11) is 0. The number of fused-ring (bicyclic) bond motifs is 1. The lowest BCUT2D eigenvalue weighted by Gasteiger charge is -2.23. The number of nitrogens with one attached hydrogen (secondary N) is 1. The van der Waals surface area contributed by atoms with E-state index >= 15 is 4.39 Å². The molecule has 0 amide bonds. The minimum Gasteiger partial charge on any atom is -0.393 e. The van der Waals surface area contributed by atoms with E-state index in [1.807, 2.05) is 0 Å². The van der Waals surface area contributed by atoms with Gasteiger partial charge in [-0.1, -0.05) is 17.7 Å². The monoisotopic (exact) mass is 565 g/mol. The third kappa shape index (κ3) is 5.78. The lowest BCUT2D eigenvalue weighted by molar-refractivity contribution is 0.0687. The number of hydrogen-bond donors (Lipinski definition) is 4. The van der Waals surface area contributed by atoms with E-state index in [0.29, 0.717) is 0 Å². The molecular weight excluding hydrogens is 542 g/mol. The van der Waals surface area contributed by atoms with E-state index in [1.54, 1.807) is 0 Å². The minimum absolute atomic E-state index is 0.00683. The number of aryl methyl sites for hydroxylation is 1. The molecule has 4 rings (SSSR count). The Labute approximate surface area is 225 Å². The molecule has 206 valence electrons. The fourth-order valence-corrected chi connectivity index (χ4v) is 4.09.